The lowest BCUT2D eigenvalue weighted by Crippen LogP contribution is -2.29. The Morgan fingerprint density at radius 1 is 1.17 bits per heavy atom. The molecule has 1 atom stereocenters. The second-order valence-electron chi connectivity index (χ2n) is 8.25. The molecular formula is C26H29ClN4O4S. The lowest BCUT2D eigenvalue weighted by atomic mass is 9.95. The van der Waals surface area contributed by atoms with E-state index in [1.54, 1.807) is 23.6 Å². The first-order valence-electron chi connectivity index (χ1n) is 11.7. The van der Waals surface area contributed by atoms with Gasteiger partial charge in [0.2, 0.25) is 11.1 Å². The molecule has 0 fully saturated rings. The summed E-state index contributed by atoms with van der Waals surface area (Å²) in [6.07, 6.45) is 2.17. The van der Waals surface area contributed by atoms with Crippen LogP contribution in [0.15, 0.2) is 58.9 Å². The molecule has 2 aromatic carbocycles. The molecule has 2 heterocycles. The SMILES string of the molecule is CCCCSc1nc2n(n1)C(c1ccc(OCc3ccc(Cl)cc3)c(OC)c1)C(C(=O)OC)=C(C)N2. The zero-order valence-corrected chi connectivity index (χ0v) is 22.3. The lowest BCUT2D eigenvalue weighted by molar-refractivity contribution is -0.136. The van der Waals surface area contributed by atoms with E-state index in [0.717, 1.165) is 29.7 Å². The van der Waals surface area contributed by atoms with Crippen molar-refractivity contribution in [3.05, 3.63) is 69.9 Å². The van der Waals surface area contributed by atoms with Gasteiger partial charge >= 0.3 is 5.97 Å². The second kappa shape index (κ2) is 11.7. The molecule has 190 valence electrons. The van der Waals surface area contributed by atoms with E-state index in [0.29, 0.717) is 45.5 Å². The molecular weight excluding hydrogens is 500 g/mol. The summed E-state index contributed by atoms with van der Waals surface area (Å²) in [5.41, 5.74) is 2.90. The number of fused-ring (bicyclic) bond motifs is 1. The minimum absolute atomic E-state index is 0.359. The largest absolute Gasteiger partial charge is 0.493 e. The maximum Gasteiger partial charge on any atom is 0.338 e. The van der Waals surface area contributed by atoms with Gasteiger partial charge in [0.15, 0.2) is 11.5 Å². The highest BCUT2D eigenvalue weighted by molar-refractivity contribution is 7.99. The van der Waals surface area contributed by atoms with Crippen LogP contribution in [0.25, 0.3) is 0 Å². The normalized spacial score (nSPS) is 14.8. The molecule has 36 heavy (non-hydrogen) atoms. The first kappa shape index (κ1) is 25.9. The molecule has 8 nitrogen and oxygen atoms in total. The van der Waals surface area contributed by atoms with Gasteiger partial charge < -0.3 is 19.5 Å². The van der Waals surface area contributed by atoms with Crippen LogP contribution in [-0.4, -0.2) is 40.7 Å². The highest BCUT2D eigenvalue weighted by Gasteiger charge is 2.35. The third kappa shape index (κ3) is 5.63. The van der Waals surface area contributed by atoms with Crippen LogP contribution < -0.4 is 14.8 Å². The van der Waals surface area contributed by atoms with Gasteiger partial charge in [0.05, 0.1) is 19.8 Å². The average Bonchev–Trinajstić information content (AvgIpc) is 3.29. The summed E-state index contributed by atoms with van der Waals surface area (Å²) in [5, 5.41) is 9.26. The number of halogens is 1. The molecule has 4 rings (SSSR count). The summed E-state index contributed by atoms with van der Waals surface area (Å²) in [7, 11) is 2.96. The van der Waals surface area contributed by atoms with Crippen molar-refractivity contribution in [1.29, 1.82) is 0 Å². The van der Waals surface area contributed by atoms with Crippen LogP contribution >= 0.6 is 23.4 Å². The number of carbonyl (C=O) groups is 1. The second-order valence-corrected chi connectivity index (χ2v) is 9.75. The number of rotatable bonds is 10. The number of anilines is 1. The number of allylic oxidation sites excluding steroid dienone is 1. The summed E-state index contributed by atoms with van der Waals surface area (Å²) in [4.78, 5) is 17.5. The molecule has 0 amide bonds. The number of carbonyl (C=O) groups excluding carboxylic acids is 1. The van der Waals surface area contributed by atoms with Gasteiger partial charge in [-0.15, -0.1) is 5.10 Å². The zero-order chi connectivity index (χ0) is 25.7. The van der Waals surface area contributed by atoms with Gasteiger partial charge in [0, 0.05) is 16.5 Å². The maximum absolute atomic E-state index is 12.8. The number of esters is 1. The van der Waals surface area contributed by atoms with E-state index in [-0.39, 0.29) is 0 Å². The number of hydrogen-bond donors (Lipinski definition) is 1. The molecule has 10 heteroatoms. The summed E-state index contributed by atoms with van der Waals surface area (Å²) in [6.45, 7) is 4.34. The van der Waals surface area contributed by atoms with Crippen molar-refractivity contribution in [2.75, 3.05) is 25.3 Å². The van der Waals surface area contributed by atoms with E-state index in [9.17, 15) is 4.79 Å². The number of thioether (sulfide) groups is 1. The van der Waals surface area contributed by atoms with E-state index in [1.807, 2.05) is 49.4 Å². The van der Waals surface area contributed by atoms with Gasteiger partial charge in [-0.25, -0.2) is 9.48 Å². The fraction of sp³-hybridized carbons (Fsp3) is 0.346. The highest BCUT2D eigenvalue weighted by Crippen LogP contribution is 2.40. The summed E-state index contributed by atoms with van der Waals surface area (Å²) < 4.78 is 18.5. The first-order chi connectivity index (χ1) is 17.4. The predicted octanol–water partition coefficient (Wildman–Crippen LogP) is 5.87. The number of unbranched alkanes of at least 4 members (excludes halogenated alkanes) is 1. The van der Waals surface area contributed by atoms with Gasteiger partial charge in [0.25, 0.3) is 0 Å². The molecule has 0 bridgehead atoms. The van der Waals surface area contributed by atoms with Gasteiger partial charge in [-0.05, 0) is 48.7 Å². The molecule has 0 spiro atoms. The standard InChI is InChI=1S/C26H29ClN4O4S/c1-5-6-13-36-26-29-25-28-16(2)22(24(32)34-4)23(31(25)30-26)18-9-12-20(21(14-18)33-3)35-15-17-7-10-19(27)11-8-17/h7-12,14,23H,5-6,13,15H2,1-4H3,(H,28,29,30). The number of nitrogens with zero attached hydrogens (tertiary/aromatic N) is 3. The number of benzene rings is 2. The van der Waals surface area contributed by atoms with Crippen molar-refractivity contribution >= 4 is 35.3 Å². The molecule has 1 aliphatic rings. The van der Waals surface area contributed by atoms with E-state index in [1.165, 1.54) is 7.11 Å². The number of ether oxygens (including phenoxy) is 3. The van der Waals surface area contributed by atoms with E-state index in [2.05, 4.69) is 17.2 Å². The Balaban J connectivity index is 1.67. The molecule has 0 saturated heterocycles. The summed E-state index contributed by atoms with van der Waals surface area (Å²) in [5.74, 6) is 2.19. The number of nitrogens with one attached hydrogen (secondary N) is 1. The molecule has 3 aromatic rings. The molecule has 0 radical (unpaired) electrons. The van der Waals surface area contributed by atoms with Crippen LogP contribution in [0.5, 0.6) is 11.5 Å². The third-order valence-electron chi connectivity index (χ3n) is 5.78. The highest BCUT2D eigenvalue weighted by atomic mass is 35.5. The predicted molar refractivity (Wildman–Crippen MR) is 141 cm³/mol. The van der Waals surface area contributed by atoms with Crippen molar-refractivity contribution in [3.63, 3.8) is 0 Å². The maximum atomic E-state index is 12.8. The van der Waals surface area contributed by atoms with Gasteiger partial charge in [0.1, 0.15) is 12.6 Å². The first-order valence-corrected chi connectivity index (χ1v) is 13.0. The van der Waals surface area contributed by atoms with Crippen LogP contribution in [0.4, 0.5) is 5.95 Å². The number of methoxy groups -OCH3 is 2. The minimum Gasteiger partial charge on any atom is -0.493 e. The Bertz CT molecular complexity index is 1260. The average molecular weight is 529 g/mol. The fourth-order valence-corrected chi connectivity index (χ4v) is 4.94. The van der Waals surface area contributed by atoms with Crippen LogP contribution in [0.2, 0.25) is 5.02 Å². The molecule has 0 saturated carbocycles. The molecule has 0 aliphatic carbocycles. The van der Waals surface area contributed by atoms with Crippen molar-refractivity contribution in [2.45, 2.75) is 44.5 Å². The van der Waals surface area contributed by atoms with Crippen LogP contribution in [-0.2, 0) is 16.1 Å². The summed E-state index contributed by atoms with van der Waals surface area (Å²) >= 11 is 7.57. The van der Waals surface area contributed by atoms with Crippen LogP contribution in [0, 0.1) is 0 Å². The van der Waals surface area contributed by atoms with Gasteiger partial charge in [-0.1, -0.05) is 54.9 Å². The molecule has 1 aromatic heterocycles. The Morgan fingerprint density at radius 2 is 1.94 bits per heavy atom. The van der Waals surface area contributed by atoms with E-state index < -0.39 is 12.0 Å². The molecule has 1 unspecified atom stereocenters. The third-order valence-corrected chi connectivity index (χ3v) is 6.95. The van der Waals surface area contributed by atoms with E-state index >= 15 is 0 Å². The van der Waals surface area contributed by atoms with Crippen molar-refractivity contribution in [1.82, 2.24) is 14.8 Å². The lowest BCUT2D eigenvalue weighted by Gasteiger charge is -2.28. The quantitative estimate of drug-likeness (QED) is 0.198. The van der Waals surface area contributed by atoms with Crippen LogP contribution in [0.1, 0.15) is 43.9 Å². The molecule has 1 aliphatic heterocycles. The Hall–Kier alpha value is -3.17. The van der Waals surface area contributed by atoms with Gasteiger partial charge in [-0.3, -0.25) is 0 Å². The van der Waals surface area contributed by atoms with Gasteiger partial charge in [-0.2, -0.15) is 4.98 Å². The topological polar surface area (TPSA) is 87.5 Å². The smallest absolute Gasteiger partial charge is 0.338 e. The Labute approximate surface area is 220 Å². The Kier molecular flexibility index (Phi) is 8.43. The van der Waals surface area contributed by atoms with Crippen molar-refractivity contribution in [3.8, 4) is 11.5 Å². The van der Waals surface area contributed by atoms with Crippen molar-refractivity contribution < 1.29 is 19.0 Å². The summed E-state index contributed by atoms with van der Waals surface area (Å²) in [6, 6.07) is 12.5. The fourth-order valence-electron chi connectivity index (χ4n) is 3.90. The molecule has 1 N–H and O–H groups in total. The Morgan fingerprint density at radius 3 is 2.64 bits per heavy atom. The van der Waals surface area contributed by atoms with Crippen molar-refractivity contribution in [2.24, 2.45) is 0 Å². The number of aromatic nitrogens is 3. The minimum atomic E-state index is -0.541. The zero-order valence-electron chi connectivity index (χ0n) is 20.7. The monoisotopic (exact) mass is 528 g/mol. The van der Waals surface area contributed by atoms with Crippen LogP contribution in [0.3, 0.4) is 0 Å². The van der Waals surface area contributed by atoms with E-state index in [4.69, 9.17) is 30.9 Å². The number of hydrogen-bond acceptors (Lipinski definition) is 8.